The second-order valence-electron chi connectivity index (χ2n) is 4.78. The maximum absolute atomic E-state index is 11.5. The Balaban J connectivity index is 1.80. The average molecular weight is 262 g/mol. The van der Waals surface area contributed by atoms with Crippen molar-refractivity contribution >= 4 is 5.91 Å². The van der Waals surface area contributed by atoms with Crippen molar-refractivity contribution in [2.45, 2.75) is 32.2 Å². The van der Waals surface area contributed by atoms with Crippen LogP contribution in [0.3, 0.4) is 0 Å². The zero-order valence-electron chi connectivity index (χ0n) is 11.4. The van der Waals surface area contributed by atoms with Crippen molar-refractivity contribution in [3.8, 4) is 5.75 Å². The highest BCUT2D eigenvalue weighted by molar-refractivity contribution is 5.76. The third kappa shape index (κ3) is 3.96. The largest absolute Gasteiger partial charge is 0.493 e. The highest BCUT2D eigenvalue weighted by atomic mass is 16.5. The first-order valence-electron chi connectivity index (χ1n) is 7.03. The van der Waals surface area contributed by atoms with Gasteiger partial charge in [-0.2, -0.15) is 0 Å². The van der Waals surface area contributed by atoms with E-state index in [-0.39, 0.29) is 5.91 Å². The van der Waals surface area contributed by atoms with Crippen LogP contribution in [-0.4, -0.2) is 25.6 Å². The van der Waals surface area contributed by atoms with Crippen molar-refractivity contribution in [2.24, 2.45) is 0 Å². The Morgan fingerprint density at radius 1 is 1.37 bits per heavy atom. The van der Waals surface area contributed by atoms with E-state index in [2.05, 4.69) is 23.6 Å². The van der Waals surface area contributed by atoms with E-state index in [0.29, 0.717) is 19.0 Å². The Morgan fingerprint density at radius 3 is 3.05 bits per heavy atom. The van der Waals surface area contributed by atoms with E-state index in [1.807, 2.05) is 18.2 Å². The Labute approximate surface area is 114 Å². The van der Waals surface area contributed by atoms with Crippen LogP contribution in [0.15, 0.2) is 24.3 Å². The van der Waals surface area contributed by atoms with Gasteiger partial charge in [-0.15, -0.1) is 0 Å². The summed E-state index contributed by atoms with van der Waals surface area (Å²) < 4.78 is 5.61. The second kappa shape index (κ2) is 7.14. The average Bonchev–Trinajstić information content (AvgIpc) is 2.45. The van der Waals surface area contributed by atoms with Gasteiger partial charge in [-0.3, -0.25) is 4.79 Å². The fraction of sp³-hybridized carbons (Fsp3) is 0.533. The van der Waals surface area contributed by atoms with Crippen LogP contribution in [0.4, 0.5) is 0 Å². The number of ether oxygens (including phenoxy) is 1. The Bertz CT molecular complexity index is 420. The number of rotatable bonds is 6. The summed E-state index contributed by atoms with van der Waals surface area (Å²) in [6.07, 6.45) is 2.46. The molecule has 0 radical (unpaired) electrons. The lowest BCUT2D eigenvalue weighted by atomic mass is 10.0. The third-order valence-electron chi connectivity index (χ3n) is 3.27. The molecule has 4 nitrogen and oxygen atoms in total. The van der Waals surface area contributed by atoms with Gasteiger partial charge in [0.2, 0.25) is 5.91 Å². The third-order valence-corrected chi connectivity index (χ3v) is 3.27. The maximum Gasteiger partial charge on any atom is 0.221 e. The molecule has 1 amide bonds. The number of amides is 1. The second-order valence-corrected chi connectivity index (χ2v) is 4.78. The van der Waals surface area contributed by atoms with E-state index >= 15 is 0 Å². The highest BCUT2D eigenvalue weighted by Gasteiger charge is 2.20. The molecular formula is C15H22N2O2. The highest BCUT2D eigenvalue weighted by Crippen LogP contribution is 2.31. The summed E-state index contributed by atoms with van der Waals surface area (Å²) in [5.41, 5.74) is 1.20. The van der Waals surface area contributed by atoms with Crippen LogP contribution < -0.4 is 15.4 Å². The van der Waals surface area contributed by atoms with Crippen LogP contribution in [0, 0.1) is 0 Å². The van der Waals surface area contributed by atoms with Crippen LogP contribution in [0.1, 0.15) is 37.8 Å². The van der Waals surface area contributed by atoms with Crippen molar-refractivity contribution in [2.75, 3.05) is 19.7 Å². The van der Waals surface area contributed by atoms with Gasteiger partial charge in [0, 0.05) is 37.5 Å². The first kappa shape index (κ1) is 13.9. The predicted octanol–water partition coefficient (Wildman–Crippen LogP) is 2.02. The van der Waals surface area contributed by atoms with Crippen LogP contribution in [0.25, 0.3) is 0 Å². The van der Waals surface area contributed by atoms with Crippen LogP contribution in [0.2, 0.25) is 0 Å². The molecule has 0 fully saturated rings. The molecular weight excluding hydrogens is 240 g/mol. The SMILES string of the molecule is CCCNC(=O)CCNC1CCOc2ccccc21. The van der Waals surface area contributed by atoms with Gasteiger partial charge >= 0.3 is 0 Å². The molecule has 1 aliphatic rings. The van der Waals surface area contributed by atoms with E-state index in [0.717, 1.165) is 31.7 Å². The molecule has 2 rings (SSSR count). The number of carbonyl (C=O) groups excluding carboxylic acids is 1. The summed E-state index contributed by atoms with van der Waals surface area (Å²) in [6, 6.07) is 8.39. The first-order chi connectivity index (χ1) is 9.31. The van der Waals surface area contributed by atoms with Crippen molar-refractivity contribution in [1.82, 2.24) is 10.6 Å². The molecule has 4 heteroatoms. The van der Waals surface area contributed by atoms with Crippen LogP contribution in [-0.2, 0) is 4.79 Å². The first-order valence-corrected chi connectivity index (χ1v) is 7.03. The summed E-state index contributed by atoms with van der Waals surface area (Å²) in [6.45, 7) is 4.25. The van der Waals surface area contributed by atoms with Gasteiger partial charge in [0.05, 0.1) is 6.61 Å². The molecule has 1 unspecified atom stereocenters. The maximum atomic E-state index is 11.5. The van der Waals surface area contributed by atoms with Gasteiger partial charge in [0.15, 0.2) is 0 Å². The number of para-hydroxylation sites is 1. The standard InChI is InChI=1S/C15H22N2O2/c1-2-9-17-15(18)7-10-16-13-8-11-19-14-6-4-3-5-12(13)14/h3-6,13,16H,2,7-11H2,1H3,(H,17,18). The molecule has 0 bridgehead atoms. The number of benzene rings is 1. The molecule has 0 saturated heterocycles. The lowest BCUT2D eigenvalue weighted by molar-refractivity contribution is -0.121. The summed E-state index contributed by atoms with van der Waals surface area (Å²) in [5, 5.41) is 6.33. The molecule has 0 aliphatic carbocycles. The summed E-state index contributed by atoms with van der Waals surface area (Å²) >= 11 is 0. The van der Waals surface area contributed by atoms with Crippen molar-refractivity contribution in [3.05, 3.63) is 29.8 Å². The molecule has 1 aromatic rings. The monoisotopic (exact) mass is 262 g/mol. The van der Waals surface area contributed by atoms with Crippen molar-refractivity contribution in [3.63, 3.8) is 0 Å². The molecule has 1 heterocycles. The van der Waals surface area contributed by atoms with Gasteiger partial charge in [-0.05, 0) is 12.5 Å². The quantitative estimate of drug-likeness (QED) is 0.824. The lowest BCUT2D eigenvalue weighted by Gasteiger charge is -2.26. The van der Waals surface area contributed by atoms with E-state index in [4.69, 9.17) is 4.74 Å². The van der Waals surface area contributed by atoms with Gasteiger partial charge in [0.1, 0.15) is 5.75 Å². The zero-order chi connectivity index (χ0) is 13.5. The molecule has 0 aromatic heterocycles. The molecule has 1 aromatic carbocycles. The number of fused-ring (bicyclic) bond motifs is 1. The normalized spacial score (nSPS) is 17.4. The minimum Gasteiger partial charge on any atom is -0.493 e. The summed E-state index contributed by atoms with van der Waals surface area (Å²) in [5.74, 6) is 1.08. The van der Waals surface area contributed by atoms with Crippen molar-refractivity contribution in [1.29, 1.82) is 0 Å². The molecule has 0 saturated carbocycles. The van der Waals surface area contributed by atoms with E-state index in [1.54, 1.807) is 0 Å². The molecule has 1 atom stereocenters. The van der Waals surface area contributed by atoms with E-state index in [9.17, 15) is 4.79 Å². The summed E-state index contributed by atoms with van der Waals surface area (Å²) in [7, 11) is 0. The Hall–Kier alpha value is -1.55. The van der Waals surface area contributed by atoms with Crippen LogP contribution in [0.5, 0.6) is 5.75 Å². The van der Waals surface area contributed by atoms with E-state index < -0.39 is 0 Å². The number of hydrogen-bond acceptors (Lipinski definition) is 3. The minimum atomic E-state index is 0.120. The molecule has 0 spiro atoms. The number of hydrogen-bond donors (Lipinski definition) is 2. The van der Waals surface area contributed by atoms with Crippen molar-refractivity contribution < 1.29 is 9.53 Å². The Morgan fingerprint density at radius 2 is 2.21 bits per heavy atom. The minimum absolute atomic E-state index is 0.120. The fourth-order valence-electron chi connectivity index (χ4n) is 2.27. The Kier molecular flexibility index (Phi) is 5.21. The smallest absolute Gasteiger partial charge is 0.221 e. The van der Waals surface area contributed by atoms with Gasteiger partial charge in [-0.1, -0.05) is 25.1 Å². The lowest BCUT2D eigenvalue weighted by Crippen LogP contribution is -2.32. The summed E-state index contributed by atoms with van der Waals surface area (Å²) in [4.78, 5) is 11.5. The van der Waals surface area contributed by atoms with Crippen LogP contribution >= 0.6 is 0 Å². The predicted molar refractivity (Wildman–Crippen MR) is 75.2 cm³/mol. The van der Waals surface area contributed by atoms with Gasteiger partial charge in [0.25, 0.3) is 0 Å². The van der Waals surface area contributed by atoms with Gasteiger partial charge in [-0.25, -0.2) is 0 Å². The van der Waals surface area contributed by atoms with E-state index in [1.165, 1.54) is 5.56 Å². The molecule has 2 N–H and O–H groups in total. The molecule has 19 heavy (non-hydrogen) atoms. The number of nitrogens with one attached hydrogen (secondary N) is 2. The molecule has 1 aliphatic heterocycles. The zero-order valence-corrected chi connectivity index (χ0v) is 11.4. The number of carbonyl (C=O) groups is 1. The topological polar surface area (TPSA) is 50.4 Å². The molecule has 104 valence electrons. The van der Waals surface area contributed by atoms with Gasteiger partial charge < -0.3 is 15.4 Å². The fourth-order valence-corrected chi connectivity index (χ4v) is 2.27.